The van der Waals surface area contributed by atoms with Crippen LogP contribution in [0.5, 0.6) is 5.75 Å². The zero-order valence-electron chi connectivity index (χ0n) is 9.06. The first-order valence-corrected chi connectivity index (χ1v) is 5.71. The van der Waals surface area contributed by atoms with Crippen LogP contribution < -0.4 is 5.32 Å². The third kappa shape index (κ3) is 1.65. The lowest BCUT2D eigenvalue weighted by Crippen LogP contribution is -2.26. The van der Waals surface area contributed by atoms with Crippen molar-refractivity contribution < 1.29 is 5.11 Å². The number of nitrogens with one attached hydrogen (secondary N) is 1. The van der Waals surface area contributed by atoms with Crippen LogP contribution in [-0.4, -0.2) is 27.6 Å². The zero-order valence-corrected chi connectivity index (χ0v) is 9.06. The maximum Gasteiger partial charge on any atom is 0.137 e. The first kappa shape index (κ1) is 9.66. The van der Waals surface area contributed by atoms with E-state index in [9.17, 15) is 5.11 Å². The van der Waals surface area contributed by atoms with Crippen molar-refractivity contribution in [2.75, 3.05) is 13.1 Å². The summed E-state index contributed by atoms with van der Waals surface area (Å²) < 4.78 is 1.90. The van der Waals surface area contributed by atoms with Crippen LogP contribution in [0, 0.1) is 0 Å². The van der Waals surface area contributed by atoms with Crippen molar-refractivity contribution in [2.45, 2.75) is 18.8 Å². The summed E-state index contributed by atoms with van der Waals surface area (Å²) >= 11 is 0. The van der Waals surface area contributed by atoms with Crippen molar-refractivity contribution in [3.63, 3.8) is 0 Å². The summed E-state index contributed by atoms with van der Waals surface area (Å²) in [6, 6.07) is 3.52. The highest BCUT2D eigenvalue weighted by atomic mass is 16.3. The second-order valence-corrected chi connectivity index (χ2v) is 4.34. The Morgan fingerprint density at radius 3 is 2.88 bits per heavy atom. The maximum absolute atomic E-state index is 9.39. The molecule has 0 unspecified atom stereocenters. The summed E-state index contributed by atoms with van der Waals surface area (Å²) in [4.78, 5) is 4.60. The number of nitrogens with zero attached hydrogens (tertiary/aromatic N) is 2. The lowest BCUT2D eigenvalue weighted by Gasteiger charge is -2.20. The van der Waals surface area contributed by atoms with Gasteiger partial charge >= 0.3 is 0 Å². The molecular formula is C12H15N3O. The molecule has 1 fully saturated rings. The molecule has 16 heavy (non-hydrogen) atoms. The first-order chi connectivity index (χ1) is 7.83. The van der Waals surface area contributed by atoms with Gasteiger partial charge in [-0.1, -0.05) is 0 Å². The quantitative estimate of drug-likeness (QED) is 0.761. The molecule has 0 spiro atoms. The average Bonchev–Trinajstić information content (AvgIpc) is 2.73. The van der Waals surface area contributed by atoms with Gasteiger partial charge in [0, 0.05) is 12.1 Å². The molecule has 0 amide bonds. The maximum atomic E-state index is 9.39. The van der Waals surface area contributed by atoms with Gasteiger partial charge in [-0.25, -0.2) is 4.98 Å². The van der Waals surface area contributed by atoms with Crippen LogP contribution in [0.25, 0.3) is 5.65 Å². The highest BCUT2D eigenvalue weighted by Gasteiger charge is 2.17. The van der Waals surface area contributed by atoms with E-state index in [2.05, 4.69) is 10.3 Å². The standard InChI is InChI=1S/C12H15N3O/c16-10-1-2-12-14-11(8-15(12)7-10)9-3-5-13-6-4-9/h1-2,7-9,13,16H,3-6H2. The van der Waals surface area contributed by atoms with Gasteiger partial charge in [-0.05, 0) is 38.1 Å². The number of imidazole rings is 1. The molecule has 1 saturated heterocycles. The Bertz CT molecular complexity index is 500. The number of hydrogen-bond acceptors (Lipinski definition) is 3. The van der Waals surface area contributed by atoms with Gasteiger partial charge < -0.3 is 14.8 Å². The molecule has 2 aromatic rings. The Hall–Kier alpha value is -1.55. The van der Waals surface area contributed by atoms with Gasteiger partial charge in [0.1, 0.15) is 11.4 Å². The molecule has 0 bridgehead atoms. The summed E-state index contributed by atoms with van der Waals surface area (Å²) in [6.45, 7) is 2.15. The van der Waals surface area contributed by atoms with E-state index in [0.29, 0.717) is 5.92 Å². The second kappa shape index (κ2) is 3.79. The van der Waals surface area contributed by atoms with E-state index in [0.717, 1.165) is 37.3 Å². The topological polar surface area (TPSA) is 49.6 Å². The van der Waals surface area contributed by atoms with Gasteiger partial charge in [-0.15, -0.1) is 0 Å². The van der Waals surface area contributed by atoms with Gasteiger partial charge in [0.25, 0.3) is 0 Å². The normalized spacial score (nSPS) is 18.0. The minimum atomic E-state index is 0.279. The second-order valence-electron chi connectivity index (χ2n) is 4.34. The fourth-order valence-corrected chi connectivity index (χ4v) is 2.31. The van der Waals surface area contributed by atoms with Crippen molar-refractivity contribution in [3.8, 4) is 5.75 Å². The Kier molecular flexibility index (Phi) is 2.29. The lowest BCUT2D eigenvalue weighted by atomic mass is 9.95. The van der Waals surface area contributed by atoms with Crippen molar-refractivity contribution in [1.82, 2.24) is 14.7 Å². The van der Waals surface area contributed by atoms with Crippen molar-refractivity contribution in [1.29, 1.82) is 0 Å². The molecule has 0 aromatic carbocycles. The minimum absolute atomic E-state index is 0.279. The molecule has 84 valence electrons. The molecule has 0 saturated carbocycles. The molecule has 0 radical (unpaired) electrons. The van der Waals surface area contributed by atoms with Crippen LogP contribution in [0.4, 0.5) is 0 Å². The number of aromatic nitrogens is 2. The SMILES string of the molecule is Oc1ccc2nc(C3CCNCC3)cn2c1. The van der Waals surface area contributed by atoms with E-state index >= 15 is 0 Å². The summed E-state index contributed by atoms with van der Waals surface area (Å²) in [5.41, 5.74) is 2.05. The molecule has 2 N–H and O–H groups in total. The molecule has 3 heterocycles. The van der Waals surface area contributed by atoms with Crippen molar-refractivity contribution in [2.24, 2.45) is 0 Å². The predicted molar refractivity (Wildman–Crippen MR) is 61.7 cm³/mol. The molecule has 0 atom stereocenters. The number of pyridine rings is 1. The number of hydrogen-bond donors (Lipinski definition) is 2. The summed E-state index contributed by atoms with van der Waals surface area (Å²) in [5, 5.41) is 12.7. The predicted octanol–water partition coefficient (Wildman–Crippen LogP) is 1.51. The van der Waals surface area contributed by atoms with Crippen LogP contribution in [0.2, 0.25) is 0 Å². The number of aromatic hydroxyl groups is 1. The van der Waals surface area contributed by atoms with Gasteiger partial charge in [0.2, 0.25) is 0 Å². The smallest absolute Gasteiger partial charge is 0.137 e. The van der Waals surface area contributed by atoms with Gasteiger partial charge in [0.15, 0.2) is 0 Å². The van der Waals surface area contributed by atoms with Gasteiger partial charge in [-0.2, -0.15) is 0 Å². The highest BCUT2D eigenvalue weighted by molar-refractivity contribution is 5.43. The molecular weight excluding hydrogens is 202 g/mol. The minimum Gasteiger partial charge on any atom is -0.506 e. The summed E-state index contributed by atoms with van der Waals surface area (Å²) in [7, 11) is 0. The lowest BCUT2D eigenvalue weighted by molar-refractivity contribution is 0.454. The molecule has 4 heteroatoms. The van der Waals surface area contributed by atoms with E-state index in [1.54, 1.807) is 12.3 Å². The molecule has 1 aliphatic heterocycles. The number of piperidine rings is 1. The van der Waals surface area contributed by atoms with Crippen molar-refractivity contribution in [3.05, 3.63) is 30.2 Å². The van der Waals surface area contributed by atoms with E-state index in [4.69, 9.17) is 0 Å². The average molecular weight is 217 g/mol. The Labute approximate surface area is 93.9 Å². The largest absolute Gasteiger partial charge is 0.506 e. The Morgan fingerprint density at radius 2 is 2.06 bits per heavy atom. The fourth-order valence-electron chi connectivity index (χ4n) is 2.31. The monoisotopic (exact) mass is 217 g/mol. The number of fused-ring (bicyclic) bond motifs is 1. The zero-order chi connectivity index (χ0) is 11.0. The molecule has 3 rings (SSSR count). The van der Waals surface area contributed by atoms with Crippen LogP contribution >= 0.6 is 0 Å². The molecule has 2 aromatic heterocycles. The molecule has 0 aliphatic carbocycles. The van der Waals surface area contributed by atoms with Gasteiger partial charge in [0.05, 0.1) is 11.9 Å². The molecule has 1 aliphatic rings. The third-order valence-electron chi connectivity index (χ3n) is 3.21. The van der Waals surface area contributed by atoms with Gasteiger partial charge in [-0.3, -0.25) is 0 Å². The van der Waals surface area contributed by atoms with Crippen LogP contribution in [0.15, 0.2) is 24.5 Å². The molecule has 4 nitrogen and oxygen atoms in total. The fraction of sp³-hybridized carbons (Fsp3) is 0.417. The van der Waals surface area contributed by atoms with Crippen LogP contribution in [0.1, 0.15) is 24.5 Å². The van der Waals surface area contributed by atoms with Crippen molar-refractivity contribution >= 4 is 5.65 Å². The van der Waals surface area contributed by atoms with E-state index in [1.165, 1.54) is 0 Å². The van der Waals surface area contributed by atoms with Crippen LogP contribution in [0.3, 0.4) is 0 Å². The van der Waals surface area contributed by atoms with E-state index in [1.807, 2.05) is 16.7 Å². The first-order valence-electron chi connectivity index (χ1n) is 5.71. The van der Waals surface area contributed by atoms with E-state index < -0.39 is 0 Å². The number of rotatable bonds is 1. The Balaban J connectivity index is 1.97. The van der Waals surface area contributed by atoms with Crippen LogP contribution in [-0.2, 0) is 0 Å². The highest BCUT2D eigenvalue weighted by Crippen LogP contribution is 2.25. The third-order valence-corrected chi connectivity index (χ3v) is 3.21. The van der Waals surface area contributed by atoms with E-state index in [-0.39, 0.29) is 5.75 Å². The Morgan fingerprint density at radius 1 is 1.25 bits per heavy atom. The summed E-state index contributed by atoms with van der Waals surface area (Å²) in [6.07, 6.45) is 6.03. The summed E-state index contributed by atoms with van der Waals surface area (Å²) in [5.74, 6) is 0.838.